The van der Waals surface area contributed by atoms with Crippen molar-refractivity contribution in [1.29, 1.82) is 0 Å². The van der Waals surface area contributed by atoms with Crippen molar-refractivity contribution in [2.24, 2.45) is 5.92 Å². The molecule has 0 saturated carbocycles. The highest BCUT2D eigenvalue weighted by Gasteiger charge is 2.61. The van der Waals surface area contributed by atoms with E-state index in [2.05, 4.69) is 24.5 Å². The predicted octanol–water partition coefficient (Wildman–Crippen LogP) is 0.969. The molecule has 3 N–H and O–H groups in total. The van der Waals surface area contributed by atoms with Gasteiger partial charge in [-0.3, -0.25) is 24.1 Å². The lowest BCUT2D eigenvalue weighted by molar-refractivity contribution is -0.142. The van der Waals surface area contributed by atoms with E-state index in [9.17, 15) is 24.3 Å². The molecule has 0 aromatic carbocycles. The molecule has 5 atom stereocenters. The van der Waals surface area contributed by atoms with Crippen molar-refractivity contribution in [3.63, 3.8) is 0 Å². The Bertz CT molecular complexity index is 732. The number of rotatable bonds is 5. The van der Waals surface area contributed by atoms with Gasteiger partial charge in [-0.25, -0.2) is 0 Å². The summed E-state index contributed by atoms with van der Waals surface area (Å²) in [5.74, 6) is -1.80. The fourth-order valence-corrected chi connectivity index (χ4v) is 4.88. The molecule has 1 unspecified atom stereocenters. The fourth-order valence-electron chi connectivity index (χ4n) is 4.88. The Labute approximate surface area is 184 Å². The van der Waals surface area contributed by atoms with Gasteiger partial charge in [0.05, 0.1) is 24.5 Å². The summed E-state index contributed by atoms with van der Waals surface area (Å²) in [5, 5.41) is 15.0. The second-order valence-electron chi connectivity index (χ2n) is 10.2. The molecule has 0 radical (unpaired) electrons. The Morgan fingerprint density at radius 3 is 2.45 bits per heavy atom. The monoisotopic (exact) mass is 438 g/mol. The Hall–Kier alpha value is -2.16. The first-order valence-electron chi connectivity index (χ1n) is 10.8. The number of fused-ring (bicyclic) bond motifs is 2. The van der Waals surface area contributed by atoms with Gasteiger partial charge in [-0.15, -0.1) is 0 Å². The molecule has 0 aromatic rings. The third-order valence-electron chi connectivity index (χ3n) is 5.99. The first-order valence-corrected chi connectivity index (χ1v) is 10.8. The maximum absolute atomic E-state index is 13.4. The highest BCUT2D eigenvalue weighted by Crippen LogP contribution is 2.41. The Morgan fingerprint density at radius 2 is 1.90 bits per heavy atom. The molecule has 3 fully saturated rings. The van der Waals surface area contributed by atoms with Gasteiger partial charge in [-0.2, -0.15) is 0 Å². The average Bonchev–Trinajstić information content (AvgIpc) is 3.02. The molecule has 176 valence electrons. The molecule has 3 amide bonds. The Morgan fingerprint density at radius 1 is 1.26 bits per heavy atom. The van der Waals surface area contributed by atoms with Crippen molar-refractivity contribution in [3.05, 3.63) is 0 Å². The number of amides is 3. The summed E-state index contributed by atoms with van der Waals surface area (Å²) < 4.78 is 0. The lowest BCUT2D eigenvalue weighted by atomic mass is 9.99. The largest absolute Gasteiger partial charge is 0.481 e. The topological polar surface area (TPSA) is 119 Å². The van der Waals surface area contributed by atoms with Crippen LogP contribution in [-0.2, 0) is 19.2 Å². The van der Waals surface area contributed by atoms with E-state index in [1.807, 2.05) is 25.7 Å². The second kappa shape index (κ2) is 9.14. The summed E-state index contributed by atoms with van der Waals surface area (Å²) in [6, 6.07) is -2.77. The van der Waals surface area contributed by atoms with Crippen LogP contribution in [0, 0.1) is 5.92 Å². The van der Waals surface area contributed by atoms with Gasteiger partial charge in [-0.05, 0) is 52.5 Å². The first kappa shape index (κ1) is 25.1. The summed E-state index contributed by atoms with van der Waals surface area (Å²) in [6.45, 7) is 10.4. The van der Waals surface area contributed by atoms with Crippen LogP contribution in [0.25, 0.3) is 0 Å². The van der Waals surface area contributed by atoms with E-state index in [4.69, 9.17) is 0 Å². The zero-order valence-corrected chi connectivity index (χ0v) is 18.5. The molecule has 0 spiro atoms. The van der Waals surface area contributed by atoms with E-state index in [0.717, 1.165) is 12.8 Å². The molecule has 3 saturated heterocycles. The summed E-state index contributed by atoms with van der Waals surface area (Å²) in [4.78, 5) is 54.4. The SMILES string of the molecule is C.CC(C)C[C@H]1[C@@H]2C(C(=O)NC(C)(C)C)N3CCC[C@@H]3C(=O)N[C@@H](CC(=O)O)C(=O)N12. The van der Waals surface area contributed by atoms with Crippen LogP contribution in [-0.4, -0.2) is 80.9 Å². The predicted molar refractivity (Wildman–Crippen MR) is 116 cm³/mol. The summed E-state index contributed by atoms with van der Waals surface area (Å²) in [6.07, 6.45) is 1.62. The molecule has 3 aliphatic rings. The van der Waals surface area contributed by atoms with Gasteiger partial charge in [-0.1, -0.05) is 21.3 Å². The average molecular weight is 439 g/mol. The van der Waals surface area contributed by atoms with Gasteiger partial charge in [0.25, 0.3) is 0 Å². The molecule has 3 rings (SSSR count). The highest BCUT2D eigenvalue weighted by molar-refractivity contribution is 5.96. The standard InChI is InChI=1S/C21H34N4O5.CH4/c1-11(2)9-14-16-17(19(29)23-21(3,4)5)24-8-6-7-13(24)18(28)22-12(10-15(26)27)20(30)25(14)16;/h11-14,16-17H,6-10H2,1-5H3,(H,22,28)(H,23,29)(H,26,27);1H4/t12-,13+,14-,16+,17?,25?;/m0./s1. The summed E-state index contributed by atoms with van der Waals surface area (Å²) >= 11 is 0. The molecular formula is C22H38N4O5. The molecule has 0 aliphatic carbocycles. The van der Waals surface area contributed by atoms with Gasteiger partial charge in [0, 0.05) is 5.54 Å². The first-order chi connectivity index (χ1) is 13.9. The number of carboxylic acids is 1. The van der Waals surface area contributed by atoms with E-state index >= 15 is 0 Å². The van der Waals surface area contributed by atoms with Crippen molar-refractivity contribution < 1.29 is 24.3 Å². The Kier molecular flexibility index (Phi) is 7.40. The molecular weight excluding hydrogens is 400 g/mol. The lowest BCUT2D eigenvalue weighted by Crippen LogP contribution is -2.58. The number of hydrogen-bond donors (Lipinski definition) is 3. The van der Waals surface area contributed by atoms with E-state index in [-0.39, 0.29) is 31.3 Å². The van der Waals surface area contributed by atoms with E-state index in [0.29, 0.717) is 18.9 Å². The fraction of sp³-hybridized carbons (Fsp3) is 0.818. The van der Waals surface area contributed by atoms with Crippen molar-refractivity contribution >= 4 is 23.7 Å². The normalized spacial score (nSPS) is 30.9. The maximum atomic E-state index is 13.4. The Balaban J connectivity index is 0.00000341. The van der Waals surface area contributed by atoms with Gasteiger partial charge in [0.1, 0.15) is 12.1 Å². The van der Waals surface area contributed by atoms with Crippen LogP contribution >= 0.6 is 0 Å². The number of aliphatic carboxylic acids is 1. The molecule has 3 aliphatic heterocycles. The number of carbonyl (C=O) groups excluding carboxylic acids is 3. The van der Waals surface area contributed by atoms with Crippen molar-refractivity contribution in [2.75, 3.05) is 6.54 Å². The van der Waals surface area contributed by atoms with E-state index < -0.39 is 42.0 Å². The van der Waals surface area contributed by atoms with Crippen LogP contribution in [0.3, 0.4) is 0 Å². The molecule has 9 heteroatoms. The number of nitrogens with zero attached hydrogens (tertiary/aromatic N) is 2. The zero-order valence-electron chi connectivity index (χ0n) is 18.5. The van der Waals surface area contributed by atoms with Crippen molar-refractivity contribution in [1.82, 2.24) is 20.4 Å². The van der Waals surface area contributed by atoms with Crippen LogP contribution in [0.1, 0.15) is 67.7 Å². The zero-order chi connectivity index (χ0) is 22.4. The van der Waals surface area contributed by atoms with Gasteiger partial charge in [0.2, 0.25) is 17.7 Å². The summed E-state index contributed by atoms with van der Waals surface area (Å²) in [7, 11) is 0. The minimum absolute atomic E-state index is 0. The van der Waals surface area contributed by atoms with Crippen molar-refractivity contribution in [3.8, 4) is 0 Å². The molecule has 31 heavy (non-hydrogen) atoms. The number of carbonyl (C=O) groups is 4. The van der Waals surface area contributed by atoms with Crippen LogP contribution in [0.15, 0.2) is 0 Å². The maximum Gasteiger partial charge on any atom is 0.305 e. The van der Waals surface area contributed by atoms with Crippen LogP contribution in [0.2, 0.25) is 0 Å². The molecule has 0 bridgehead atoms. The molecule has 3 heterocycles. The van der Waals surface area contributed by atoms with Gasteiger partial charge >= 0.3 is 5.97 Å². The number of carboxylic acid groups (broad SMARTS) is 1. The minimum atomic E-state index is -1.14. The van der Waals surface area contributed by atoms with E-state index in [1.54, 1.807) is 4.90 Å². The van der Waals surface area contributed by atoms with Crippen molar-refractivity contribution in [2.45, 2.75) is 103 Å². The number of nitrogens with one attached hydrogen (secondary N) is 2. The number of hydrogen-bond acceptors (Lipinski definition) is 5. The lowest BCUT2D eigenvalue weighted by Gasteiger charge is -2.33. The third kappa shape index (κ3) is 5.37. The highest BCUT2D eigenvalue weighted by atomic mass is 16.4. The van der Waals surface area contributed by atoms with Crippen LogP contribution in [0.4, 0.5) is 0 Å². The van der Waals surface area contributed by atoms with Gasteiger partial charge in [0.15, 0.2) is 0 Å². The third-order valence-corrected chi connectivity index (χ3v) is 5.99. The molecule has 9 nitrogen and oxygen atoms in total. The second-order valence-corrected chi connectivity index (χ2v) is 10.2. The van der Waals surface area contributed by atoms with E-state index in [1.165, 1.54) is 0 Å². The quantitative estimate of drug-likeness (QED) is 0.551. The summed E-state index contributed by atoms with van der Waals surface area (Å²) in [5.41, 5.74) is -0.448. The smallest absolute Gasteiger partial charge is 0.305 e. The molecule has 0 aromatic heterocycles. The minimum Gasteiger partial charge on any atom is -0.481 e. The van der Waals surface area contributed by atoms with Gasteiger partial charge < -0.3 is 20.6 Å². The van der Waals surface area contributed by atoms with Crippen LogP contribution < -0.4 is 10.6 Å². The van der Waals surface area contributed by atoms with Crippen LogP contribution in [0.5, 0.6) is 0 Å².